The van der Waals surface area contributed by atoms with E-state index in [-0.39, 0.29) is 0 Å². The molecule has 0 aliphatic heterocycles. The summed E-state index contributed by atoms with van der Waals surface area (Å²) in [5.74, 6) is 5.04. The van der Waals surface area contributed by atoms with Crippen molar-refractivity contribution in [1.29, 1.82) is 0 Å². The zero-order valence-corrected chi connectivity index (χ0v) is 14.2. The molecule has 0 spiro atoms. The highest BCUT2D eigenvalue weighted by Crippen LogP contribution is 2.61. The number of alkyl halides is 1. The van der Waals surface area contributed by atoms with Gasteiger partial charge in [-0.15, -0.1) is 0 Å². The maximum atomic E-state index is 4.12. The van der Waals surface area contributed by atoms with E-state index in [4.69, 9.17) is 0 Å². The highest BCUT2D eigenvalue weighted by atomic mass is 79.9. The molecular weight excluding hydrogens is 308 g/mol. The van der Waals surface area contributed by atoms with Gasteiger partial charge in [0.05, 0.1) is 0 Å². The number of hydrogen-bond acceptors (Lipinski definition) is 0. The van der Waals surface area contributed by atoms with E-state index >= 15 is 0 Å². The Kier molecular flexibility index (Phi) is 3.25. The highest BCUT2D eigenvalue weighted by molar-refractivity contribution is 9.09. The lowest BCUT2D eigenvalue weighted by atomic mass is 9.51. The van der Waals surface area contributed by atoms with Gasteiger partial charge in [0.1, 0.15) is 0 Å². The predicted octanol–water partition coefficient (Wildman–Crippen LogP) is 5.81. The largest absolute Gasteiger partial charge is 0.0835 e. The van der Waals surface area contributed by atoms with Gasteiger partial charge in [0.15, 0.2) is 0 Å². The molecule has 4 aliphatic rings. The Morgan fingerprint density at radius 2 is 1.55 bits per heavy atom. The Morgan fingerprint density at radius 3 is 2.15 bits per heavy atom. The summed E-state index contributed by atoms with van der Waals surface area (Å²) in [4.78, 5) is 0.581. The minimum atomic E-state index is 0.581. The summed E-state index contributed by atoms with van der Waals surface area (Å²) in [5, 5.41) is 0. The van der Waals surface area contributed by atoms with Crippen molar-refractivity contribution >= 4 is 15.9 Å². The lowest BCUT2D eigenvalue weighted by Gasteiger charge is -2.56. The summed E-state index contributed by atoms with van der Waals surface area (Å²) in [7, 11) is 0. The second-order valence-corrected chi connectivity index (χ2v) is 8.76. The lowest BCUT2D eigenvalue weighted by molar-refractivity contribution is -0.0365. The van der Waals surface area contributed by atoms with Crippen molar-refractivity contribution in [3.63, 3.8) is 0 Å². The van der Waals surface area contributed by atoms with E-state index in [0.717, 1.165) is 29.6 Å². The molecule has 1 atom stereocenters. The molecule has 0 heterocycles. The zero-order chi connectivity index (χ0) is 13.9. The van der Waals surface area contributed by atoms with Crippen LogP contribution in [0.15, 0.2) is 18.2 Å². The van der Waals surface area contributed by atoms with Gasteiger partial charge >= 0.3 is 0 Å². The van der Waals surface area contributed by atoms with Gasteiger partial charge in [-0.25, -0.2) is 0 Å². The molecule has 0 aromatic heterocycles. The van der Waals surface area contributed by atoms with Gasteiger partial charge in [-0.3, -0.25) is 0 Å². The summed E-state index contributed by atoms with van der Waals surface area (Å²) < 4.78 is 0. The minimum Gasteiger partial charge on any atom is -0.0835 e. The predicted molar refractivity (Wildman–Crippen MR) is 88.1 cm³/mol. The molecule has 4 saturated carbocycles. The normalized spacial score (nSPS) is 40.0. The first kappa shape index (κ1) is 13.4. The smallest absolute Gasteiger partial charge is 0.0431 e. The van der Waals surface area contributed by atoms with Gasteiger partial charge in [-0.05, 0) is 86.7 Å². The first-order valence-corrected chi connectivity index (χ1v) is 9.24. The molecule has 4 aliphatic carbocycles. The van der Waals surface area contributed by atoms with E-state index in [1.54, 1.807) is 12.0 Å². The summed E-state index contributed by atoms with van der Waals surface area (Å²) in [6.07, 6.45) is 7.63. The quantitative estimate of drug-likeness (QED) is 0.599. The van der Waals surface area contributed by atoms with E-state index in [1.165, 1.54) is 36.8 Å². The molecule has 1 unspecified atom stereocenters. The van der Waals surface area contributed by atoms with E-state index in [2.05, 4.69) is 48.0 Å². The van der Waals surface area contributed by atoms with Crippen LogP contribution in [-0.4, -0.2) is 0 Å². The first-order chi connectivity index (χ1) is 9.61. The molecule has 0 radical (unpaired) electrons. The molecule has 20 heavy (non-hydrogen) atoms. The van der Waals surface area contributed by atoms with Crippen molar-refractivity contribution < 1.29 is 0 Å². The SMILES string of the molecule is Cc1ccc(C)c(C(Br)C2C3CC4CC(C3)CC2C4)c1. The van der Waals surface area contributed by atoms with Crippen LogP contribution < -0.4 is 0 Å². The van der Waals surface area contributed by atoms with Crippen molar-refractivity contribution in [2.24, 2.45) is 29.6 Å². The number of aryl methyl sites for hydroxylation is 2. The molecule has 0 saturated heterocycles. The summed E-state index contributed by atoms with van der Waals surface area (Å²) in [5.41, 5.74) is 4.42. The molecule has 4 bridgehead atoms. The Morgan fingerprint density at radius 1 is 0.950 bits per heavy atom. The number of halogens is 1. The Labute approximate surface area is 131 Å². The van der Waals surface area contributed by atoms with Crippen LogP contribution in [0.3, 0.4) is 0 Å². The molecule has 5 rings (SSSR count). The van der Waals surface area contributed by atoms with Gasteiger partial charge in [0.2, 0.25) is 0 Å². The fourth-order valence-electron chi connectivity index (χ4n) is 5.71. The van der Waals surface area contributed by atoms with Gasteiger partial charge in [0.25, 0.3) is 0 Å². The van der Waals surface area contributed by atoms with Crippen molar-refractivity contribution in [2.75, 3.05) is 0 Å². The van der Waals surface area contributed by atoms with Crippen molar-refractivity contribution in [2.45, 2.75) is 50.8 Å². The molecule has 0 amide bonds. The molecule has 4 fully saturated rings. The zero-order valence-electron chi connectivity index (χ0n) is 12.6. The third-order valence-corrected chi connectivity index (χ3v) is 7.47. The van der Waals surface area contributed by atoms with Crippen LogP contribution in [0.2, 0.25) is 0 Å². The number of hydrogen-bond donors (Lipinski definition) is 0. The molecule has 0 nitrogen and oxygen atoms in total. The van der Waals surface area contributed by atoms with Crippen LogP contribution in [0.25, 0.3) is 0 Å². The van der Waals surface area contributed by atoms with Crippen LogP contribution in [0.4, 0.5) is 0 Å². The van der Waals surface area contributed by atoms with Gasteiger partial charge in [-0.1, -0.05) is 39.7 Å². The average molecular weight is 333 g/mol. The minimum absolute atomic E-state index is 0.581. The van der Waals surface area contributed by atoms with Crippen LogP contribution >= 0.6 is 15.9 Å². The van der Waals surface area contributed by atoms with Gasteiger partial charge in [0, 0.05) is 4.83 Å². The van der Waals surface area contributed by atoms with Gasteiger partial charge < -0.3 is 0 Å². The first-order valence-electron chi connectivity index (χ1n) is 8.33. The fourth-order valence-corrected chi connectivity index (χ4v) is 7.07. The monoisotopic (exact) mass is 332 g/mol. The molecule has 0 N–H and O–H groups in total. The van der Waals surface area contributed by atoms with E-state index < -0.39 is 0 Å². The summed E-state index contributed by atoms with van der Waals surface area (Å²) >= 11 is 4.12. The van der Waals surface area contributed by atoms with E-state index in [1.807, 2.05) is 0 Å². The van der Waals surface area contributed by atoms with Crippen LogP contribution in [0, 0.1) is 43.4 Å². The van der Waals surface area contributed by atoms with Crippen LogP contribution in [0.5, 0.6) is 0 Å². The lowest BCUT2D eigenvalue weighted by Crippen LogP contribution is -2.46. The Hall–Kier alpha value is -0.300. The molecular formula is C19H25Br. The standard InChI is InChI=1S/C19H25Br/c1-11-3-4-12(2)17(5-11)19(20)18-15-7-13-6-14(9-15)10-16(18)8-13/h3-5,13-16,18-19H,6-10H2,1-2H3. The van der Waals surface area contributed by atoms with Crippen molar-refractivity contribution in [3.05, 3.63) is 34.9 Å². The van der Waals surface area contributed by atoms with Gasteiger partial charge in [-0.2, -0.15) is 0 Å². The van der Waals surface area contributed by atoms with E-state index in [9.17, 15) is 0 Å². The van der Waals surface area contributed by atoms with Crippen LogP contribution in [-0.2, 0) is 0 Å². The Bertz CT molecular complexity index is 490. The average Bonchev–Trinajstić information content (AvgIpc) is 2.40. The topological polar surface area (TPSA) is 0 Å². The number of benzene rings is 1. The second kappa shape index (κ2) is 4.87. The third kappa shape index (κ3) is 2.08. The highest BCUT2D eigenvalue weighted by Gasteiger charge is 2.50. The van der Waals surface area contributed by atoms with Crippen molar-refractivity contribution in [1.82, 2.24) is 0 Å². The molecule has 1 aromatic carbocycles. The molecule has 108 valence electrons. The maximum Gasteiger partial charge on any atom is 0.0431 e. The summed E-state index contributed by atoms with van der Waals surface area (Å²) in [6, 6.07) is 6.96. The molecule has 1 heteroatoms. The molecule has 1 aromatic rings. The fraction of sp³-hybridized carbons (Fsp3) is 0.684. The van der Waals surface area contributed by atoms with Crippen LogP contribution in [0.1, 0.15) is 53.6 Å². The maximum absolute atomic E-state index is 4.12. The third-order valence-electron chi connectivity index (χ3n) is 6.37. The van der Waals surface area contributed by atoms with Crippen molar-refractivity contribution in [3.8, 4) is 0 Å². The second-order valence-electron chi connectivity index (χ2n) is 7.77. The number of rotatable bonds is 2. The summed E-state index contributed by atoms with van der Waals surface area (Å²) in [6.45, 7) is 4.50. The van der Waals surface area contributed by atoms with E-state index in [0.29, 0.717) is 4.83 Å². The Balaban J connectivity index is 1.65.